The number of hydrogen-bond acceptors (Lipinski definition) is 5. The third kappa shape index (κ3) is 4.89. The molecule has 2 aromatic rings. The van der Waals surface area contributed by atoms with E-state index in [0.29, 0.717) is 23.4 Å². The molecule has 27 heavy (non-hydrogen) atoms. The van der Waals surface area contributed by atoms with Crippen LogP contribution in [-0.2, 0) is 4.74 Å². The number of amides is 2. The molecule has 0 aliphatic carbocycles. The lowest BCUT2D eigenvalue weighted by atomic mass is 10.1. The zero-order chi connectivity index (χ0) is 19.2. The molecule has 140 valence electrons. The summed E-state index contributed by atoms with van der Waals surface area (Å²) in [5, 5.41) is 16.2. The number of hydrogen-bond donors (Lipinski definition) is 2. The summed E-state index contributed by atoms with van der Waals surface area (Å²) in [5.74, 6) is -0.584. The van der Waals surface area contributed by atoms with Crippen molar-refractivity contribution in [3.63, 3.8) is 0 Å². The Balaban J connectivity index is 1.55. The summed E-state index contributed by atoms with van der Waals surface area (Å²) >= 11 is 0. The van der Waals surface area contributed by atoms with Crippen molar-refractivity contribution in [2.24, 2.45) is 0 Å². The number of ether oxygens (including phenoxy) is 1. The van der Waals surface area contributed by atoms with Crippen LogP contribution < -0.4 is 10.6 Å². The number of non-ortho nitro benzene ring substituents is 1. The van der Waals surface area contributed by atoms with Crippen molar-refractivity contribution in [2.45, 2.75) is 18.9 Å². The Morgan fingerprint density at radius 3 is 2.26 bits per heavy atom. The summed E-state index contributed by atoms with van der Waals surface area (Å²) in [6, 6.07) is 11.8. The fourth-order valence-electron chi connectivity index (χ4n) is 2.76. The minimum Gasteiger partial charge on any atom is -0.376 e. The first kappa shape index (κ1) is 18.5. The second-order valence-corrected chi connectivity index (χ2v) is 6.18. The first-order chi connectivity index (χ1) is 13.0. The minimum absolute atomic E-state index is 0.0780. The van der Waals surface area contributed by atoms with Crippen molar-refractivity contribution in [3.8, 4) is 0 Å². The van der Waals surface area contributed by atoms with Crippen LogP contribution >= 0.6 is 0 Å². The van der Waals surface area contributed by atoms with Gasteiger partial charge in [-0.25, -0.2) is 0 Å². The third-order valence-corrected chi connectivity index (χ3v) is 4.26. The molecule has 0 unspecified atom stereocenters. The normalized spacial score (nSPS) is 15.9. The average Bonchev–Trinajstić information content (AvgIpc) is 3.20. The second-order valence-electron chi connectivity index (χ2n) is 6.18. The van der Waals surface area contributed by atoms with E-state index in [9.17, 15) is 19.7 Å². The highest BCUT2D eigenvalue weighted by molar-refractivity contribution is 6.04. The number of nitrogens with zero attached hydrogens (tertiary/aromatic N) is 1. The molecular weight excluding hydrogens is 350 g/mol. The molecule has 3 rings (SSSR count). The van der Waals surface area contributed by atoms with Crippen molar-refractivity contribution in [1.82, 2.24) is 5.32 Å². The van der Waals surface area contributed by atoms with Crippen molar-refractivity contribution in [1.29, 1.82) is 0 Å². The predicted octanol–water partition coefficient (Wildman–Crippen LogP) is 2.76. The first-order valence-electron chi connectivity index (χ1n) is 8.58. The molecule has 0 bridgehead atoms. The fraction of sp³-hybridized carbons (Fsp3) is 0.263. The molecule has 1 aliphatic heterocycles. The van der Waals surface area contributed by atoms with Crippen LogP contribution in [0.4, 0.5) is 11.4 Å². The molecule has 8 heteroatoms. The van der Waals surface area contributed by atoms with Crippen LogP contribution in [0.5, 0.6) is 0 Å². The Kier molecular flexibility index (Phi) is 5.77. The molecule has 1 aliphatic rings. The predicted molar refractivity (Wildman–Crippen MR) is 98.8 cm³/mol. The maximum Gasteiger partial charge on any atom is 0.269 e. The van der Waals surface area contributed by atoms with E-state index in [-0.39, 0.29) is 23.6 Å². The summed E-state index contributed by atoms with van der Waals surface area (Å²) in [6.07, 6.45) is 2.05. The van der Waals surface area contributed by atoms with E-state index in [0.717, 1.165) is 19.4 Å². The van der Waals surface area contributed by atoms with Crippen LogP contribution in [0, 0.1) is 10.1 Å². The maximum atomic E-state index is 12.2. The Morgan fingerprint density at radius 1 is 1.04 bits per heavy atom. The Labute approximate surface area is 155 Å². The van der Waals surface area contributed by atoms with E-state index in [1.165, 1.54) is 24.3 Å². The molecule has 0 aromatic heterocycles. The number of carbonyl (C=O) groups is 2. The molecular formula is C19H19N3O5. The zero-order valence-electron chi connectivity index (χ0n) is 14.5. The van der Waals surface area contributed by atoms with Crippen molar-refractivity contribution in [3.05, 3.63) is 69.8 Å². The highest BCUT2D eigenvalue weighted by atomic mass is 16.6. The lowest BCUT2D eigenvalue weighted by Gasteiger charge is -2.11. The summed E-state index contributed by atoms with van der Waals surface area (Å²) in [5.41, 5.74) is 1.24. The average molecular weight is 369 g/mol. The van der Waals surface area contributed by atoms with E-state index < -0.39 is 4.92 Å². The standard InChI is InChI=1S/C19H19N3O5/c23-18(20-12-17-2-1-11-27-17)13-3-7-15(8-4-13)21-19(24)14-5-9-16(10-6-14)22(25)26/h3-10,17H,1-2,11-12H2,(H,20,23)(H,21,24)/t17-/m0/s1. The molecule has 0 spiro atoms. The van der Waals surface area contributed by atoms with E-state index in [1.807, 2.05) is 0 Å². The van der Waals surface area contributed by atoms with E-state index in [4.69, 9.17) is 4.74 Å². The van der Waals surface area contributed by atoms with E-state index >= 15 is 0 Å². The summed E-state index contributed by atoms with van der Waals surface area (Å²) < 4.78 is 5.47. The molecule has 8 nitrogen and oxygen atoms in total. The Hall–Kier alpha value is -3.26. The topological polar surface area (TPSA) is 111 Å². The molecule has 0 radical (unpaired) electrons. The lowest BCUT2D eigenvalue weighted by molar-refractivity contribution is -0.384. The van der Waals surface area contributed by atoms with Gasteiger partial charge in [0, 0.05) is 42.1 Å². The van der Waals surface area contributed by atoms with Gasteiger partial charge in [0.15, 0.2) is 0 Å². The van der Waals surface area contributed by atoms with Crippen molar-refractivity contribution in [2.75, 3.05) is 18.5 Å². The van der Waals surface area contributed by atoms with Gasteiger partial charge in [-0.05, 0) is 49.2 Å². The first-order valence-corrected chi connectivity index (χ1v) is 8.58. The van der Waals surface area contributed by atoms with Gasteiger partial charge in [-0.3, -0.25) is 19.7 Å². The molecule has 1 heterocycles. The fourth-order valence-corrected chi connectivity index (χ4v) is 2.76. The maximum absolute atomic E-state index is 12.2. The third-order valence-electron chi connectivity index (χ3n) is 4.26. The van der Waals surface area contributed by atoms with Gasteiger partial charge < -0.3 is 15.4 Å². The highest BCUT2D eigenvalue weighted by Crippen LogP contribution is 2.15. The van der Waals surface area contributed by atoms with Crippen LogP contribution in [-0.4, -0.2) is 36.0 Å². The monoisotopic (exact) mass is 369 g/mol. The SMILES string of the molecule is O=C(NC[C@@H]1CCCO1)c1ccc(NC(=O)c2ccc([N+](=O)[O-])cc2)cc1. The molecule has 1 atom stereocenters. The van der Waals surface area contributed by atoms with Crippen molar-refractivity contribution >= 4 is 23.2 Å². The number of carbonyl (C=O) groups excluding carboxylic acids is 2. The van der Waals surface area contributed by atoms with Crippen LogP contribution in [0.2, 0.25) is 0 Å². The molecule has 1 saturated heterocycles. The zero-order valence-corrected chi connectivity index (χ0v) is 14.5. The van der Waals surface area contributed by atoms with Crippen LogP contribution in [0.1, 0.15) is 33.6 Å². The quantitative estimate of drug-likeness (QED) is 0.601. The van der Waals surface area contributed by atoms with Gasteiger partial charge in [0.25, 0.3) is 17.5 Å². The molecule has 2 aromatic carbocycles. The molecule has 2 amide bonds. The Bertz CT molecular complexity index is 827. The lowest BCUT2D eigenvalue weighted by Crippen LogP contribution is -2.31. The van der Waals surface area contributed by atoms with Gasteiger partial charge >= 0.3 is 0 Å². The van der Waals surface area contributed by atoms with Crippen LogP contribution in [0.15, 0.2) is 48.5 Å². The van der Waals surface area contributed by atoms with Gasteiger partial charge in [0.2, 0.25) is 0 Å². The Morgan fingerprint density at radius 2 is 1.67 bits per heavy atom. The van der Waals surface area contributed by atoms with Gasteiger partial charge in [-0.1, -0.05) is 0 Å². The number of benzene rings is 2. The minimum atomic E-state index is -0.524. The van der Waals surface area contributed by atoms with E-state index in [1.54, 1.807) is 24.3 Å². The van der Waals surface area contributed by atoms with E-state index in [2.05, 4.69) is 10.6 Å². The summed E-state index contributed by atoms with van der Waals surface area (Å²) in [7, 11) is 0. The number of nitro groups is 1. The molecule has 1 fully saturated rings. The van der Waals surface area contributed by atoms with Gasteiger partial charge in [-0.2, -0.15) is 0 Å². The van der Waals surface area contributed by atoms with Crippen LogP contribution in [0.3, 0.4) is 0 Å². The number of nitrogens with one attached hydrogen (secondary N) is 2. The molecule has 2 N–H and O–H groups in total. The number of anilines is 1. The highest BCUT2D eigenvalue weighted by Gasteiger charge is 2.16. The van der Waals surface area contributed by atoms with Crippen LogP contribution in [0.25, 0.3) is 0 Å². The molecule has 0 saturated carbocycles. The van der Waals surface area contributed by atoms with Gasteiger partial charge in [0.1, 0.15) is 0 Å². The number of rotatable bonds is 6. The van der Waals surface area contributed by atoms with Gasteiger partial charge in [-0.15, -0.1) is 0 Å². The second kappa shape index (κ2) is 8.41. The largest absolute Gasteiger partial charge is 0.376 e. The summed E-state index contributed by atoms with van der Waals surface area (Å²) in [4.78, 5) is 34.4. The number of nitro benzene ring substituents is 1. The van der Waals surface area contributed by atoms with Gasteiger partial charge in [0.05, 0.1) is 11.0 Å². The van der Waals surface area contributed by atoms with Crippen molar-refractivity contribution < 1.29 is 19.2 Å². The smallest absolute Gasteiger partial charge is 0.269 e. The summed E-state index contributed by atoms with van der Waals surface area (Å²) in [6.45, 7) is 1.22.